The van der Waals surface area contributed by atoms with Gasteiger partial charge in [0, 0.05) is 6.21 Å². The van der Waals surface area contributed by atoms with Gasteiger partial charge in [-0.05, 0) is 13.3 Å². The molecule has 1 atom stereocenters. The molecule has 0 saturated carbocycles. The van der Waals surface area contributed by atoms with Gasteiger partial charge in [0.2, 0.25) is 0 Å². The van der Waals surface area contributed by atoms with Crippen LogP contribution in [0.15, 0.2) is 5.16 Å². The van der Waals surface area contributed by atoms with Crippen LogP contribution in [0.1, 0.15) is 27.2 Å². The molecule has 0 fully saturated rings. The quantitative estimate of drug-likeness (QED) is 0.342. The second-order valence-corrected chi connectivity index (χ2v) is 2.08. The van der Waals surface area contributed by atoms with Gasteiger partial charge >= 0.3 is 5.97 Å². The van der Waals surface area contributed by atoms with Gasteiger partial charge in [-0.3, -0.25) is 0 Å². The molecule has 0 aliphatic rings. The Morgan fingerprint density at radius 3 is 2.80 bits per heavy atom. The molecule has 0 heterocycles. The first-order valence-electron chi connectivity index (χ1n) is 3.41. The first-order chi connectivity index (χ1) is 4.72. The highest BCUT2D eigenvalue weighted by molar-refractivity contribution is 5.72. The standard InChI is InChI=1S/C7H13NO2/c1-4-6(3)7(9)10-8-5-2/h5-6H,4H2,1-3H3/b8-5-. The number of oxime groups is 1. The summed E-state index contributed by atoms with van der Waals surface area (Å²) in [5, 5.41) is 3.37. The molecular formula is C7H13NO2. The van der Waals surface area contributed by atoms with E-state index in [0.29, 0.717) is 0 Å². The SMILES string of the molecule is C/C=N\OC(=O)C(C)CC. The lowest BCUT2D eigenvalue weighted by Gasteiger charge is -2.01. The summed E-state index contributed by atoms with van der Waals surface area (Å²) in [5.74, 6) is -0.315. The highest BCUT2D eigenvalue weighted by Crippen LogP contribution is 2.02. The maximum Gasteiger partial charge on any atom is 0.337 e. The summed E-state index contributed by atoms with van der Waals surface area (Å²) >= 11 is 0. The Morgan fingerprint density at radius 2 is 2.40 bits per heavy atom. The number of rotatable bonds is 3. The molecule has 0 aliphatic heterocycles. The molecule has 0 aromatic carbocycles. The van der Waals surface area contributed by atoms with E-state index in [1.165, 1.54) is 6.21 Å². The minimum absolute atomic E-state index is 0.0521. The third-order valence-corrected chi connectivity index (χ3v) is 1.26. The summed E-state index contributed by atoms with van der Waals surface area (Å²) < 4.78 is 0. The van der Waals surface area contributed by atoms with Gasteiger partial charge in [-0.15, -0.1) is 0 Å². The largest absolute Gasteiger partial charge is 0.337 e. The fourth-order valence-corrected chi connectivity index (χ4v) is 0.361. The number of hydrogen-bond acceptors (Lipinski definition) is 3. The summed E-state index contributed by atoms with van der Waals surface area (Å²) in [5.41, 5.74) is 0. The van der Waals surface area contributed by atoms with Crippen LogP contribution in [0.2, 0.25) is 0 Å². The lowest BCUT2D eigenvalue weighted by atomic mass is 10.1. The Bertz CT molecular complexity index is 132. The van der Waals surface area contributed by atoms with Gasteiger partial charge in [-0.1, -0.05) is 19.0 Å². The van der Waals surface area contributed by atoms with Crippen molar-refractivity contribution in [2.24, 2.45) is 11.1 Å². The van der Waals surface area contributed by atoms with Crippen molar-refractivity contribution in [2.45, 2.75) is 27.2 Å². The third-order valence-electron chi connectivity index (χ3n) is 1.26. The van der Waals surface area contributed by atoms with Crippen LogP contribution < -0.4 is 0 Å². The molecule has 58 valence electrons. The zero-order chi connectivity index (χ0) is 7.98. The Morgan fingerprint density at radius 1 is 1.80 bits per heavy atom. The van der Waals surface area contributed by atoms with Gasteiger partial charge in [-0.2, -0.15) is 0 Å². The van der Waals surface area contributed by atoms with E-state index in [1.807, 2.05) is 13.8 Å². The van der Waals surface area contributed by atoms with Gasteiger partial charge in [-0.25, -0.2) is 4.79 Å². The van der Waals surface area contributed by atoms with Crippen LogP contribution in [0.5, 0.6) is 0 Å². The molecule has 0 aromatic rings. The summed E-state index contributed by atoms with van der Waals surface area (Å²) in [6, 6.07) is 0. The summed E-state index contributed by atoms with van der Waals surface area (Å²) in [4.78, 5) is 15.3. The average molecular weight is 143 g/mol. The van der Waals surface area contributed by atoms with Crippen molar-refractivity contribution in [3.05, 3.63) is 0 Å². The fourth-order valence-electron chi connectivity index (χ4n) is 0.361. The average Bonchev–Trinajstić information content (AvgIpc) is 1.98. The van der Waals surface area contributed by atoms with Crippen LogP contribution in [0.25, 0.3) is 0 Å². The monoisotopic (exact) mass is 143 g/mol. The van der Waals surface area contributed by atoms with E-state index >= 15 is 0 Å². The van der Waals surface area contributed by atoms with Gasteiger partial charge in [0.25, 0.3) is 0 Å². The first-order valence-corrected chi connectivity index (χ1v) is 3.41. The molecule has 0 radical (unpaired) electrons. The lowest BCUT2D eigenvalue weighted by molar-refractivity contribution is -0.147. The molecule has 0 aromatic heterocycles. The topological polar surface area (TPSA) is 38.7 Å². The molecule has 3 nitrogen and oxygen atoms in total. The number of nitrogens with zero attached hydrogens (tertiary/aromatic N) is 1. The first kappa shape index (κ1) is 9.14. The highest BCUT2D eigenvalue weighted by atomic mass is 16.7. The van der Waals surface area contributed by atoms with Gasteiger partial charge < -0.3 is 4.84 Å². The van der Waals surface area contributed by atoms with E-state index in [0.717, 1.165) is 6.42 Å². The summed E-state index contributed by atoms with van der Waals surface area (Å²) in [7, 11) is 0. The van der Waals surface area contributed by atoms with E-state index < -0.39 is 0 Å². The van der Waals surface area contributed by atoms with E-state index in [9.17, 15) is 4.79 Å². The smallest absolute Gasteiger partial charge is 0.318 e. The van der Waals surface area contributed by atoms with Crippen molar-refractivity contribution in [1.29, 1.82) is 0 Å². The van der Waals surface area contributed by atoms with Crippen LogP contribution in [0.3, 0.4) is 0 Å². The molecule has 3 heteroatoms. The summed E-state index contributed by atoms with van der Waals surface area (Å²) in [6.45, 7) is 5.44. The highest BCUT2D eigenvalue weighted by Gasteiger charge is 2.10. The predicted octanol–water partition coefficient (Wildman–Crippen LogP) is 1.58. The minimum atomic E-state index is -0.263. The fraction of sp³-hybridized carbons (Fsp3) is 0.714. The van der Waals surface area contributed by atoms with Gasteiger partial charge in [0.1, 0.15) is 0 Å². The van der Waals surface area contributed by atoms with E-state index in [4.69, 9.17) is 0 Å². The lowest BCUT2D eigenvalue weighted by Crippen LogP contribution is -2.10. The molecule has 0 aliphatic carbocycles. The predicted molar refractivity (Wildman–Crippen MR) is 39.7 cm³/mol. The van der Waals surface area contributed by atoms with Crippen LogP contribution in [-0.4, -0.2) is 12.2 Å². The van der Waals surface area contributed by atoms with Crippen LogP contribution >= 0.6 is 0 Å². The second-order valence-electron chi connectivity index (χ2n) is 2.08. The zero-order valence-electron chi connectivity index (χ0n) is 6.63. The van der Waals surface area contributed by atoms with E-state index in [1.54, 1.807) is 6.92 Å². The van der Waals surface area contributed by atoms with Gasteiger partial charge in [0.15, 0.2) is 0 Å². The maximum absolute atomic E-state index is 10.8. The van der Waals surface area contributed by atoms with Crippen LogP contribution in [0.4, 0.5) is 0 Å². The van der Waals surface area contributed by atoms with Crippen molar-refractivity contribution in [1.82, 2.24) is 0 Å². The number of hydrogen-bond donors (Lipinski definition) is 0. The molecular weight excluding hydrogens is 130 g/mol. The van der Waals surface area contributed by atoms with Crippen molar-refractivity contribution in [2.75, 3.05) is 0 Å². The Kier molecular flexibility index (Phi) is 4.54. The van der Waals surface area contributed by atoms with E-state index in [-0.39, 0.29) is 11.9 Å². The molecule has 0 bridgehead atoms. The summed E-state index contributed by atoms with van der Waals surface area (Å²) in [6.07, 6.45) is 2.23. The molecule has 0 amide bonds. The molecule has 0 N–H and O–H groups in total. The molecule has 10 heavy (non-hydrogen) atoms. The van der Waals surface area contributed by atoms with Crippen LogP contribution in [-0.2, 0) is 9.63 Å². The van der Waals surface area contributed by atoms with Gasteiger partial charge in [0.05, 0.1) is 5.92 Å². The van der Waals surface area contributed by atoms with Crippen molar-refractivity contribution in [3.63, 3.8) is 0 Å². The van der Waals surface area contributed by atoms with Crippen molar-refractivity contribution < 1.29 is 9.63 Å². The third kappa shape index (κ3) is 3.22. The maximum atomic E-state index is 10.8. The second kappa shape index (κ2) is 4.97. The molecule has 1 unspecified atom stereocenters. The minimum Gasteiger partial charge on any atom is -0.318 e. The van der Waals surface area contributed by atoms with Crippen molar-refractivity contribution in [3.8, 4) is 0 Å². The molecule has 0 saturated heterocycles. The van der Waals surface area contributed by atoms with Crippen LogP contribution in [0, 0.1) is 5.92 Å². The Balaban J connectivity index is 3.62. The van der Waals surface area contributed by atoms with Crippen molar-refractivity contribution >= 4 is 12.2 Å². The Labute approximate surface area is 61.1 Å². The number of carbonyl (C=O) groups excluding carboxylic acids is 1. The number of carbonyl (C=O) groups is 1. The molecule has 0 rings (SSSR count). The Hall–Kier alpha value is -0.860. The van der Waals surface area contributed by atoms with E-state index in [2.05, 4.69) is 9.99 Å². The molecule has 0 spiro atoms. The zero-order valence-corrected chi connectivity index (χ0v) is 6.63. The normalized spacial score (nSPS) is 13.5.